The van der Waals surface area contributed by atoms with Crippen molar-refractivity contribution in [2.75, 3.05) is 13.1 Å². The van der Waals surface area contributed by atoms with Crippen molar-refractivity contribution < 1.29 is 14.6 Å². The zero-order chi connectivity index (χ0) is 10.7. The first-order valence-corrected chi connectivity index (χ1v) is 5.89. The predicted molar refractivity (Wildman–Crippen MR) is 55.6 cm³/mol. The molecule has 0 aromatic carbocycles. The third-order valence-electron chi connectivity index (χ3n) is 3.24. The van der Waals surface area contributed by atoms with Gasteiger partial charge in [0, 0.05) is 13.1 Å². The lowest BCUT2D eigenvalue weighted by Gasteiger charge is -2.24. The molecule has 1 saturated heterocycles. The normalized spacial score (nSPS) is 28.1. The minimum atomic E-state index is -0.357. The third-order valence-corrected chi connectivity index (χ3v) is 3.24. The molecular formula is C11H19NO3. The van der Waals surface area contributed by atoms with Crippen molar-refractivity contribution in [2.24, 2.45) is 0 Å². The van der Waals surface area contributed by atoms with E-state index >= 15 is 0 Å². The number of amides is 1. The molecule has 86 valence electrons. The maximum Gasteiger partial charge on any atom is 0.410 e. The summed E-state index contributed by atoms with van der Waals surface area (Å²) in [5, 5.41) is 9.30. The Morgan fingerprint density at radius 1 is 1.20 bits per heavy atom. The van der Waals surface area contributed by atoms with Gasteiger partial charge in [-0.15, -0.1) is 0 Å². The Bertz CT molecular complexity index is 226. The summed E-state index contributed by atoms with van der Waals surface area (Å²) >= 11 is 0. The molecular weight excluding hydrogens is 194 g/mol. The Labute approximate surface area is 90.2 Å². The van der Waals surface area contributed by atoms with E-state index in [4.69, 9.17) is 4.74 Å². The van der Waals surface area contributed by atoms with Gasteiger partial charge in [-0.25, -0.2) is 4.79 Å². The van der Waals surface area contributed by atoms with Crippen LogP contribution < -0.4 is 0 Å². The topological polar surface area (TPSA) is 49.8 Å². The van der Waals surface area contributed by atoms with Crippen molar-refractivity contribution in [2.45, 2.75) is 50.7 Å². The lowest BCUT2D eigenvalue weighted by Crippen LogP contribution is -2.33. The van der Waals surface area contributed by atoms with Crippen molar-refractivity contribution in [1.82, 2.24) is 4.90 Å². The monoisotopic (exact) mass is 213 g/mol. The minimum absolute atomic E-state index is 0.115. The molecule has 4 heteroatoms. The van der Waals surface area contributed by atoms with Gasteiger partial charge in [0.05, 0.1) is 6.10 Å². The standard InChI is InChI=1S/C11H19NO3/c13-9-6-7-12(8-9)11(14)15-10-4-2-1-3-5-10/h9-10,13H,1-8H2/t9-/m1/s1. The lowest BCUT2D eigenvalue weighted by atomic mass is 9.98. The molecule has 2 aliphatic rings. The summed E-state index contributed by atoms with van der Waals surface area (Å²) in [6.07, 6.45) is 5.80. The van der Waals surface area contributed by atoms with E-state index in [0.717, 1.165) is 12.8 Å². The van der Waals surface area contributed by atoms with Crippen LogP contribution in [0.1, 0.15) is 38.5 Å². The molecule has 1 atom stereocenters. The molecule has 1 saturated carbocycles. The molecule has 1 aliphatic carbocycles. The number of nitrogens with zero attached hydrogens (tertiary/aromatic N) is 1. The van der Waals surface area contributed by atoms with Crippen LogP contribution in [-0.4, -0.2) is 41.4 Å². The van der Waals surface area contributed by atoms with Gasteiger partial charge in [0.15, 0.2) is 0 Å². The van der Waals surface area contributed by atoms with Crippen molar-refractivity contribution in [3.05, 3.63) is 0 Å². The van der Waals surface area contributed by atoms with E-state index in [1.54, 1.807) is 4.90 Å². The van der Waals surface area contributed by atoms with Crippen LogP contribution in [0.3, 0.4) is 0 Å². The highest BCUT2D eigenvalue weighted by Gasteiger charge is 2.27. The first kappa shape index (κ1) is 10.7. The highest BCUT2D eigenvalue weighted by molar-refractivity contribution is 5.68. The second kappa shape index (κ2) is 4.84. The number of carbonyl (C=O) groups excluding carboxylic acids is 1. The van der Waals surface area contributed by atoms with Gasteiger partial charge in [0.25, 0.3) is 0 Å². The molecule has 1 N–H and O–H groups in total. The van der Waals surface area contributed by atoms with E-state index < -0.39 is 0 Å². The number of aliphatic hydroxyl groups excluding tert-OH is 1. The minimum Gasteiger partial charge on any atom is -0.446 e. The first-order valence-electron chi connectivity index (χ1n) is 5.89. The van der Waals surface area contributed by atoms with Gasteiger partial charge in [-0.05, 0) is 32.1 Å². The number of likely N-dealkylation sites (tertiary alicyclic amines) is 1. The average molecular weight is 213 g/mol. The van der Waals surface area contributed by atoms with Gasteiger partial charge in [-0.1, -0.05) is 6.42 Å². The van der Waals surface area contributed by atoms with E-state index in [1.165, 1.54) is 19.3 Å². The summed E-state index contributed by atoms with van der Waals surface area (Å²) < 4.78 is 5.40. The second-order valence-electron chi connectivity index (χ2n) is 4.53. The zero-order valence-corrected chi connectivity index (χ0v) is 9.02. The van der Waals surface area contributed by atoms with Crippen LogP contribution in [0.4, 0.5) is 4.79 Å². The predicted octanol–water partition coefficient (Wildman–Crippen LogP) is 1.52. The molecule has 0 unspecified atom stereocenters. The van der Waals surface area contributed by atoms with Crippen LogP contribution in [0.25, 0.3) is 0 Å². The molecule has 4 nitrogen and oxygen atoms in total. The molecule has 0 aromatic rings. The smallest absolute Gasteiger partial charge is 0.410 e. The highest BCUT2D eigenvalue weighted by atomic mass is 16.6. The SMILES string of the molecule is O=C(OC1CCCCC1)N1CC[C@@H](O)C1. The first-order chi connectivity index (χ1) is 7.25. The maximum absolute atomic E-state index is 11.7. The number of carbonyl (C=O) groups is 1. The molecule has 1 heterocycles. The number of ether oxygens (including phenoxy) is 1. The number of β-amino-alcohol motifs (C(OH)–C–C–N with tert-alkyl or cyclic N) is 1. The van der Waals surface area contributed by atoms with Crippen LogP contribution in [0.2, 0.25) is 0 Å². The largest absolute Gasteiger partial charge is 0.446 e. The summed E-state index contributed by atoms with van der Waals surface area (Å²) in [6, 6.07) is 0. The van der Waals surface area contributed by atoms with E-state index in [1.807, 2.05) is 0 Å². The summed E-state index contributed by atoms with van der Waals surface area (Å²) in [6.45, 7) is 1.07. The lowest BCUT2D eigenvalue weighted by molar-refractivity contribution is 0.0477. The average Bonchev–Trinajstić information content (AvgIpc) is 2.66. The van der Waals surface area contributed by atoms with E-state index in [9.17, 15) is 9.90 Å². The Balaban J connectivity index is 1.76. The van der Waals surface area contributed by atoms with Crippen LogP contribution >= 0.6 is 0 Å². The molecule has 15 heavy (non-hydrogen) atoms. The summed E-state index contributed by atoms with van der Waals surface area (Å²) in [5.74, 6) is 0. The molecule has 0 radical (unpaired) electrons. The van der Waals surface area contributed by atoms with Gasteiger partial charge < -0.3 is 14.7 Å². The quantitative estimate of drug-likeness (QED) is 0.718. The van der Waals surface area contributed by atoms with Gasteiger partial charge in [-0.2, -0.15) is 0 Å². The third kappa shape index (κ3) is 2.84. The number of aliphatic hydroxyl groups is 1. The van der Waals surface area contributed by atoms with Crippen molar-refractivity contribution in [1.29, 1.82) is 0 Å². The fourth-order valence-corrected chi connectivity index (χ4v) is 2.31. The van der Waals surface area contributed by atoms with E-state index in [0.29, 0.717) is 19.5 Å². The summed E-state index contributed by atoms with van der Waals surface area (Å²) in [7, 11) is 0. The molecule has 0 spiro atoms. The van der Waals surface area contributed by atoms with Crippen LogP contribution in [0.5, 0.6) is 0 Å². The molecule has 1 amide bonds. The van der Waals surface area contributed by atoms with Crippen molar-refractivity contribution in [3.8, 4) is 0 Å². The van der Waals surface area contributed by atoms with E-state index in [-0.39, 0.29) is 18.3 Å². The highest BCUT2D eigenvalue weighted by Crippen LogP contribution is 2.21. The van der Waals surface area contributed by atoms with Crippen molar-refractivity contribution in [3.63, 3.8) is 0 Å². The molecule has 0 aromatic heterocycles. The fraction of sp³-hybridized carbons (Fsp3) is 0.909. The number of hydrogen-bond acceptors (Lipinski definition) is 3. The van der Waals surface area contributed by atoms with Crippen LogP contribution in [0.15, 0.2) is 0 Å². The Morgan fingerprint density at radius 2 is 1.93 bits per heavy atom. The fourth-order valence-electron chi connectivity index (χ4n) is 2.31. The van der Waals surface area contributed by atoms with Gasteiger partial charge in [-0.3, -0.25) is 0 Å². The van der Waals surface area contributed by atoms with Gasteiger partial charge in [0.1, 0.15) is 6.10 Å². The second-order valence-corrected chi connectivity index (χ2v) is 4.53. The summed E-state index contributed by atoms with van der Waals surface area (Å²) in [4.78, 5) is 13.3. The Kier molecular flexibility index (Phi) is 3.46. The molecule has 2 fully saturated rings. The Hall–Kier alpha value is -0.770. The molecule has 1 aliphatic heterocycles. The van der Waals surface area contributed by atoms with E-state index in [2.05, 4.69) is 0 Å². The van der Waals surface area contributed by atoms with Crippen LogP contribution in [-0.2, 0) is 4.74 Å². The summed E-state index contributed by atoms with van der Waals surface area (Å²) in [5.41, 5.74) is 0. The van der Waals surface area contributed by atoms with Crippen LogP contribution in [0, 0.1) is 0 Å². The zero-order valence-electron chi connectivity index (χ0n) is 9.02. The van der Waals surface area contributed by atoms with Gasteiger partial charge in [0.2, 0.25) is 0 Å². The van der Waals surface area contributed by atoms with Crippen molar-refractivity contribution >= 4 is 6.09 Å². The maximum atomic E-state index is 11.7. The Morgan fingerprint density at radius 3 is 2.53 bits per heavy atom. The van der Waals surface area contributed by atoms with Gasteiger partial charge >= 0.3 is 6.09 Å². The number of rotatable bonds is 1. The number of hydrogen-bond donors (Lipinski definition) is 1. The molecule has 0 bridgehead atoms. The molecule has 2 rings (SSSR count).